The van der Waals surface area contributed by atoms with E-state index in [0.29, 0.717) is 5.92 Å². The van der Waals surface area contributed by atoms with Crippen LogP contribution < -0.4 is 4.90 Å². The molecule has 0 aliphatic heterocycles. The third-order valence-electron chi connectivity index (χ3n) is 3.73. The minimum Gasteiger partial charge on any atom is -0.311 e. The van der Waals surface area contributed by atoms with Crippen molar-refractivity contribution in [1.29, 1.82) is 0 Å². The highest BCUT2D eigenvalue weighted by molar-refractivity contribution is 5.71. The lowest BCUT2D eigenvalue weighted by molar-refractivity contribution is 1.10. The van der Waals surface area contributed by atoms with Gasteiger partial charge in [-0.15, -0.1) is 0 Å². The molecule has 0 heterocycles. The molecule has 0 fully saturated rings. The van der Waals surface area contributed by atoms with Gasteiger partial charge in [-0.25, -0.2) is 0 Å². The van der Waals surface area contributed by atoms with Crippen molar-refractivity contribution in [1.82, 2.24) is 0 Å². The zero-order valence-electron chi connectivity index (χ0n) is 11.1. The maximum Gasteiger partial charge on any atom is 0.0461 e. The molecule has 2 aliphatic carbocycles. The predicted molar refractivity (Wildman–Crippen MR) is 83.8 cm³/mol. The first kappa shape index (κ1) is 11.3. The summed E-state index contributed by atoms with van der Waals surface area (Å²) in [6, 6.07) is 21.0. The first-order valence-electron chi connectivity index (χ1n) is 6.94. The monoisotopic (exact) mass is 257 g/mol. The predicted octanol–water partition coefficient (Wildman–Crippen LogP) is 4.83. The number of hydrogen-bond acceptors (Lipinski definition) is 1. The van der Waals surface area contributed by atoms with E-state index in [1.807, 2.05) is 0 Å². The summed E-state index contributed by atoms with van der Waals surface area (Å²) in [5.41, 5.74) is 5.07. The maximum atomic E-state index is 2.33. The Morgan fingerprint density at radius 2 is 1.25 bits per heavy atom. The van der Waals surface area contributed by atoms with Gasteiger partial charge < -0.3 is 4.90 Å². The third kappa shape index (κ3) is 1.97. The number of para-hydroxylation sites is 2. The van der Waals surface area contributed by atoms with Crippen molar-refractivity contribution in [2.75, 3.05) is 4.90 Å². The molecule has 0 radical (unpaired) electrons. The molecule has 1 unspecified atom stereocenters. The SMILES string of the molecule is C1=CC(N(c2ccccc2)c2ccccc2)=CC2C=C12. The zero-order valence-corrected chi connectivity index (χ0v) is 11.1. The summed E-state index contributed by atoms with van der Waals surface area (Å²) in [6.45, 7) is 0. The molecule has 0 saturated carbocycles. The van der Waals surface area contributed by atoms with E-state index in [2.05, 4.69) is 89.9 Å². The first-order valence-corrected chi connectivity index (χ1v) is 6.94. The van der Waals surface area contributed by atoms with Crippen LogP contribution >= 0.6 is 0 Å². The van der Waals surface area contributed by atoms with E-state index in [4.69, 9.17) is 0 Å². The molecule has 1 heteroatoms. The summed E-state index contributed by atoms with van der Waals surface area (Å²) in [6.07, 6.45) is 9.04. The zero-order chi connectivity index (χ0) is 13.4. The molecule has 0 aromatic heterocycles. The number of hydrogen-bond donors (Lipinski definition) is 0. The average molecular weight is 257 g/mol. The summed E-state index contributed by atoms with van der Waals surface area (Å²) in [7, 11) is 0. The van der Waals surface area contributed by atoms with E-state index in [9.17, 15) is 0 Å². The highest BCUT2D eigenvalue weighted by atomic mass is 15.1. The van der Waals surface area contributed by atoms with Crippen LogP contribution in [0.15, 0.2) is 96.2 Å². The number of nitrogens with zero attached hydrogens (tertiary/aromatic N) is 1. The number of fused-ring (bicyclic) bond motifs is 1. The van der Waals surface area contributed by atoms with Gasteiger partial charge in [-0.05, 0) is 42.0 Å². The minimum atomic E-state index is 0.546. The lowest BCUT2D eigenvalue weighted by atomic mass is 10.1. The van der Waals surface area contributed by atoms with E-state index in [-0.39, 0.29) is 0 Å². The average Bonchev–Trinajstić information content (AvgIpc) is 3.28. The van der Waals surface area contributed by atoms with Crippen molar-refractivity contribution in [3.8, 4) is 0 Å². The normalized spacial score (nSPS) is 18.9. The molecule has 2 aromatic rings. The number of rotatable bonds is 3. The molecule has 4 rings (SSSR count). The number of anilines is 2. The molecule has 0 bridgehead atoms. The Morgan fingerprint density at radius 1 is 0.650 bits per heavy atom. The standard InChI is InChI=1S/C19H15N/c1-3-7-17(8-4-1)20(18-9-5-2-6-10-18)19-12-11-15-13-16(15)14-19/h1-14,16H. The summed E-state index contributed by atoms with van der Waals surface area (Å²) in [4.78, 5) is 2.30. The molecule has 1 nitrogen and oxygen atoms in total. The Bertz CT molecular complexity index is 668. The van der Waals surface area contributed by atoms with E-state index in [0.717, 1.165) is 0 Å². The summed E-state index contributed by atoms with van der Waals surface area (Å²) >= 11 is 0. The molecule has 0 saturated heterocycles. The fourth-order valence-corrected chi connectivity index (χ4v) is 2.64. The van der Waals surface area contributed by atoms with Crippen molar-refractivity contribution in [2.24, 2.45) is 5.92 Å². The van der Waals surface area contributed by atoms with Crippen LogP contribution in [-0.4, -0.2) is 0 Å². The fraction of sp³-hybridized carbons (Fsp3) is 0.0526. The van der Waals surface area contributed by atoms with E-state index in [1.54, 1.807) is 0 Å². The van der Waals surface area contributed by atoms with Crippen LogP contribution in [0.3, 0.4) is 0 Å². The van der Waals surface area contributed by atoms with Gasteiger partial charge in [0.25, 0.3) is 0 Å². The van der Waals surface area contributed by atoms with E-state index >= 15 is 0 Å². The van der Waals surface area contributed by atoms with Crippen LogP contribution in [0.4, 0.5) is 11.4 Å². The van der Waals surface area contributed by atoms with Gasteiger partial charge in [-0.3, -0.25) is 0 Å². The van der Waals surface area contributed by atoms with Crippen LogP contribution in [0.1, 0.15) is 0 Å². The topological polar surface area (TPSA) is 3.24 Å². The molecule has 1 atom stereocenters. The van der Waals surface area contributed by atoms with Gasteiger partial charge in [0.05, 0.1) is 0 Å². The van der Waals surface area contributed by atoms with Crippen molar-refractivity contribution in [2.45, 2.75) is 0 Å². The van der Waals surface area contributed by atoms with Gasteiger partial charge >= 0.3 is 0 Å². The third-order valence-corrected chi connectivity index (χ3v) is 3.73. The molecule has 0 amide bonds. The van der Waals surface area contributed by atoms with Crippen LogP contribution in [0.2, 0.25) is 0 Å². The second kappa shape index (κ2) is 4.53. The van der Waals surface area contributed by atoms with Crippen molar-refractivity contribution in [3.63, 3.8) is 0 Å². The lowest BCUT2D eigenvalue weighted by Crippen LogP contribution is -2.16. The Balaban J connectivity index is 1.80. The maximum absolute atomic E-state index is 2.33. The van der Waals surface area contributed by atoms with Crippen molar-refractivity contribution < 1.29 is 0 Å². The Hall–Kier alpha value is -2.54. The summed E-state index contributed by atoms with van der Waals surface area (Å²) in [5, 5.41) is 0. The second-order valence-electron chi connectivity index (χ2n) is 5.12. The Labute approximate surface area is 119 Å². The second-order valence-corrected chi connectivity index (χ2v) is 5.12. The molecule has 2 aliphatic rings. The van der Waals surface area contributed by atoms with Crippen LogP contribution in [0.5, 0.6) is 0 Å². The van der Waals surface area contributed by atoms with Gasteiger partial charge in [0.15, 0.2) is 0 Å². The van der Waals surface area contributed by atoms with Crippen LogP contribution in [0.25, 0.3) is 0 Å². The van der Waals surface area contributed by atoms with Crippen LogP contribution in [-0.2, 0) is 0 Å². The highest BCUT2D eigenvalue weighted by Gasteiger charge is 2.25. The summed E-state index contributed by atoms with van der Waals surface area (Å²) in [5.74, 6) is 0.546. The van der Waals surface area contributed by atoms with E-state index < -0.39 is 0 Å². The molecular formula is C19H15N. The molecule has 0 spiro atoms. The molecular weight excluding hydrogens is 242 g/mol. The smallest absolute Gasteiger partial charge is 0.0461 e. The molecule has 2 aromatic carbocycles. The molecule has 96 valence electrons. The quantitative estimate of drug-likeness (QED) is 0.761. The van der Waals surface area contributed by atoms with Gasteiger partial charge in [-0.2, -0.15) is 0 Å². The minimum absolute atomic E-state index is 0.546. The van der Waals surface area contributed by atoms with Crippen LogP contribution in [0, 0.1) is 5.92 Å². The number of allylic oxidation sites excluding steroid dienone is 5. The first-order chi connectivity index (χ1) is 9.92. The number of benzene rings is 2. The lowest BCUT2D eigenvalue weighted by Gasteiger charge is -2.27. The van der Waals surface area contributed by atoms with Crippen molar-refractivity contribution in [3.05, 3.63) is 96.2 Å². The largest absolute Gasteiger partial charge is 0.311 e. The summed E-state index contributed by atoms with van der Waals surface area (Å²) < 4.78 is 0. The van der Waals surface area contributed by atoms with Crippen molar-refractivity contribution >= 4 is 11.4 Å². The fourth-order valence-electron chi connectivity index (χ4n) is 2.64. The Morgan fingerprint density at radius 3 is 1.80 bits per heavy atom. The van der Waals surface area contributed by atoms with Gasteiger partial charge in [0, 0.05) is 23.0 Å². The highest BCUT2D eigenvalue weighted by Crippen LogP contribution is 2.39. The Kier molecular flexibility index (Phi) is 2.56. The van der Waals surface area contributed by atoms with Gasteiger partial charge in [0.1, 0.15) is 0 Å². The van der Waals surface area contributed by atoms with Gasteiger partial charge in [-0.1, -0.05) is 48.6 Å². The van der Waals surface area contributed by atoms with Gasteiger partial charge in [0.2, 0.25) is 0 Å². The molecule has 20 heavy (non-hydrogen) atoms. The van der Waals surface area contributed by atoms with E-state index in [1.165, 1.54) is 22.6 Å². The molecule has 0 N–H and O–H groups in total.